The maximum atomic E-state index is 12.7. The van der Waals surface area contributed by atoms with Crippen LogP contribution in [0.25, 0.3) is 0 Å². The molecule has 0 aromatic rings. The summed E-state index contributed by atoms with van der Waals surface area (Å²) in [4.78, 5) is 0. The number of hydrogen-bond donors (Lipinski definition) is 2. The van der Waals surface area contributed by atoms with Crippen LogP contribution in [0.1, 0.15) is 19.3 Å². The van der Waals surface area contributed by atoms with Crippen molar-refractivity contribution < 1.29 is 64.3 Å². The molecular weight excluding hydrogens is 464 g/mol. The molecule has 2 unspecified atom stereocenters. The van der Waals surface area contributed by atoms with Crippen LogP contribution < -0.4 is 0 Å². The Kier molecular flexibility index (Phi) is 15.5. The predicted molar refractivity (Wildman–Crippen MR) is 95.3 cm³/mol. The van der Waals surface area contributed by atoms with Gasteiger partial charge in [0.05, 0.1) is 52.7 Å². The third-order valence-corrected chi connectivity index (χ3v) is 3.99. The molecule has 2 atom stereocenters. The minimum atomic E-state index is -5.71. The normalized spacial score (nSPS) is 15.2. The molecule has 0 aromatic carbocycles. The van der Waals surface area contributed by atoms with Gasteiger partial charge in [-0.3, -0.25) is 0 Å². The van der Waals surface area contributed by atoms with Crippen LogP contribution in [-0.2, 0) is 18.9 Å². The van der Waals surface area contributed by atoms with E-state index in [-0.39, 0.29) is 39.6 Å². The fourth-order valence-corrected chi connectivity index (χ4v) is 2.09. The summed E-state index contributed by atoms with van der Waals surface area (Å²) in [6, 6.07) is 0. The fourth-order valence-electron chi connectivity index (χ4n) is 2.09. The van der Waals surface area contributed by atoms with E-state index in [0.717, 1.165) is 0 Å². The van der Waals surface area contributed by atoms with E-state index in [9.17, 15) is 35.1 Å². The Morgan fingerprint density at radius 1 is 0.594 bits per heavy atom. The molecule has 0 aromatic heterocycles. The van der Waals surface area contributed by atoms with Crippen LogP contribution >= 0.6 is 0 Å². The third-order valence-electron chi connectivity index (χ3n) is 3.99. The molecule has 2 N–H and O–H groups in total. The Bertz CT molecular complexity index is 462. The van der Waals surface area contributed by atoms with Crippen LogP contribution in [0.2, 0.25) is 0 Å². The van der Waals surface area contributed by atoms with Gasteiger partial charge in [-0.25, -0.2) is 0 Å². The molecule has 0 radical (unpaired) electrons. The van der Waals surface area contributed by atoms with Crippen molar-refractivity contribution in [2.75, 3.05) is 66.1 Å². The smallest absolute Gasteiger partial charge is 0.396 e. The van der Waals surface area contributed by atoms with Gasteiger partial charge in [-0.05, 0) is 12.8 Å². The number of alkyl halides is 8. The average Bonchev–Trinajstić information content (AvgIpc) is 2.68. The quantitative estimate of drug-likeness (QED) is 0.212. The highest BCUT2D eigenvalue weighted by Crippen LogP contribution is 2.35. The molecule has 194 valence electrons. The van der Waals surface area contributed by atoms with Crippen LogP contribution in [0, 0.1) is 11.8 Å². The average molecular weight is 494 g/mol. The minimum absolute atomic E-state index is 0.0742. The lowest BCUT2D eigenvalue weighted by Crippen LogP contribution is -2.41. The minimum Gasteiger partial charge on any atom is -0.396 e. The molecule has 32 heavy (non-hydrogen) atoms. The number of ether oxygens (including phenoxy) is 4. The van der Waals surface area contributed by atoms with Crippen molar-refractivity contribution in [1.29, 1.82) is 0 Å². The Hall–Kier alpha value is -0.800. The number of halogens is 8. The SMILES string of the molecule is OCC(COCCCCOCC(CO)COCC(F)(F)C(F)(F)F)COCCC(F)(F)F. The van der Waals surface area contributed by atoms with E-state index in [1.165, 1.54) is 0 Å². The second-order valence-corrected chi connectivity index (χ2v) is 7.11. The molecule has 0 aliphatic heterocycles. The van der Waals surface area contributed by atoms with Crippen LogP contribution in [0.4, 0.5) is 35.1 Å². The summed E-state index contributed by atoms with van der Waals surface area (Å²) >= 11 is 0. The molecular formula is C18H30F8O6. The molecule has 0 saturated heterocycles. The lowest BCUT2D eigenvalue weighted by atomic mass is 10.2. The van der Waals surface area contributed by atoms with Crippen LogP contribution in [0.15, 0.2) is 0 Å². The van der Waals surface area contributed by atoms with Gasteiger partial charge >= 0.3 is 18.3 Å². The molecule has 0 spiro atoms. The van der Waals surface area contributed by atoms with E-state index in [1.54, 1.807) is 0 Å². The van der Waals surface area contributed by atoms with E-state index >= 15 is 0 Å². The zero-order valence-corrected chi connectivity index (χ0v) is 17.4. The molecule has 0 fully saturated rings. The van der Waals surface area contributed by atoms with Gasteiger partial charge < -0.3 is 29.2 Å². The summed E-state index contributed by atoms with van der Waals surface area (Å²) in [5, 5.41) is 18.3. The number of hydrogen-bond acceptors (Lipinski definition) is 6. The zero-order chi connectivity index (χ0) is 24.7. The summed E-state index contributed by atoms with van der Waals surface area (Å²) in [6.45, 7) is -3.29. The second kappa shape index (κ2) is 15.9. The molecule has 0 amide bonds. The molecule has 0 heterocycles. The first-order valence-electron chi connectivity index (χ1n) is 9.86. The van der Waals surface area contributed by atoms with Crippen molar-refractivity contribution in [3.63, 3.8) is 0 Å². The zero-order valence-electron chi connectivity index (χ0n) is 17.4. The fraction of sp³-hybridized carbons (Fsp3) is 1.00. The Morgan fingerprint density at radius 2 is 1.00 bits per heavy atom. The molecule has 0 aliphatic carbocycles. The van der Waals surface area contributed by atoms with E-state index in [1.807, 2.05) is 0 Å². The maximum absolute atomic E-state index is 12.7. The predicted octanol–water partition coefficient (Wildman–Crippen LogP) is 3.20. The molecule has 0 bridgehead atoms. The van der Waals surface area contributed by atoms with Gasteiger partial charge in [0, 0.05) is 25.0 Å². The molecule has 6 nitrogen and oxygen atoms in total. The molecule has 0 aliphatic rings. The number of aliphatic hydroxyl groups is 2. The summed E-state index contributed by atoms with van der Waals surface area (Å²) < 4.78 is 117. The van der Waals surface area contributed by atoms with Crippen LogP contribution in [0.3, 0.4) is 0 Å². The molecule has 0 saturated carbocycles. The van der Waals surface area contributed by atoms with Gasteiger partial charge in [0.1, 0.15) is 6.61 Å². The van der Waals surface area contributed by atoms with Crippen molar-refractivity contribution >= 4 is 0 Å². The summed E-state index contributed by atoms with van der Waals surface area (Å²) in [7, 11) is 0. The first kappa shape index (κ1) is 31.2. The third kappa shape index (κ3) is 15.9. The number of rotatable bonds is 19. The Morgan fingerprint density at radius 3 is 1.38 bits per heavy atom. The summed E-state index contributed by atoms with van der Waals surface area (Å²) in [5.74, 6) is -6.20. The largest absolute Gasteiger partial charge is 0.455 e. The standard InChI is InChI=1S/C18H30F8O6/c19-16(20,18(24,25)26)13-32-12-15(8-28)10-30-5-2-1-4-29-9-14(7-27)11-31-6-3-17(21,22)23/h14-15,27-28H,1-13H2. The van der Waals surface area contributed by atoms with Gasteiger partial charge in [-0.1, -0.05) is 0 Å². The van der Waals surface area contributed by atoms with Crippen LogP contribution in [-0.4, -0.2) is 94.6 Å². The van der Waals surface area contributed by atoms with Crippen LogP contribution in [0.5, 0.6) is 0 Å². The van der Waals surface area contributed by atoms with Crippen molar-refractivity contribution in [2.24, 2.45) is 11.8 Å². The molecule has 0 rings (SSSR count). The van der Waals surface area contributed by atoms with E-state index in [4.69, 9.17) is 24.4 Å². The topological polar surface area (TPSA) is 77.4 Å². The first-order chi connectivity index (χ1) is 14.8. The first-order valence-corrected chi connectivity index (χ1v) is 9.86. The highest BCUT2D eigenvalue weighted by molar-refractivity contribution is 4.75. The van der Waals surface area contributed by atoms with Gasteiger partial charge in [0.2, 0.25) is 0 Å². The molecule has 14 heteroatoms. The monoisotopic (exact) mass is 494 g/mol. The Labute approximate surface area is 180 Å². The summed E-state index contributed by atoms with van der Waals surface area (Å²) in [5.41, 5.74) is 0. The second-order valence-electron chi connectivity index (χ2n) is 7.11. The van der Waals surface area contributed by atoms with Crippen molar-refractivity contribution in [2.45, 2.75) is 37.5 Å². The highest BCUT2D eigenvalue weighted by atomic mass is 19.4. The van der Waals surface area contributed by atoms with Gasteiger partial charge in [0.25, 0.3) is 0 Å². The lowest BCUT2D eigenvalue weighted by Gasteiger charge is -2.21. The van der Waals surface area contributed by atoms with Crippen molar-refractivity contribution in [3.05, 3.63) is 0 Å². The Balaban J connectivity index is 3.75. The van der Waals surface area contributed by atoms with Gasteiger partial charge in [-0.2, -0.15) is 35.1 Å². The number of unbranched alkanes of at least 4 members (excludes halogenated alkanes) is 1. The van der Waals surface area contributed by atoms with Gasteiger partial charge in [-0.15, -0.1) is 0 Å². The lowest BCUT2D eigenvalue weighted by molar-refractivity contribution is -0.297. The van der Waals surface area contributed by atoms with Gasteiger partial charge in [0.15, 0.2) is 0 Å². The van der Waals surface area contributed by atoms with Crippen molar-refractivity contribution in [3.8, 4) is 0 Å². The van der Waals surface area contributed by atoms with E-state index in [0.29, 0.717) is 12.8 Å². The van der Waals surface area contributed by atoms with Crippen molar-refractivity contribution in [1.82, 2.24) is 0 Å². The highest BCUT2D eigenvalue weighted by Gasteiger charge is 2.57. The van der Waals surface area contributed by atoms with E-state index in [2.05, 4.69) is 4.74 Å². The number of aliphatic hydroxyl groups excluding tert-OH is 2. The maximum Gasteiger partial charge on any atom is 0.455 e. The summed E-state index contributed by atoms with van der Waals surface area (Å²) in [6.07, 6.45) is -10.0. The van der Waals surface area contributed by atoms with E-state index < -0.39 is 63.0 Å².